The predicted molar refractivity (Wildman–Crippen MR) is 116 cm³/mol. The highest BCUT2D eigenvalue weighted by Crippen LogP contribution is 2.46. The molecule has 0 aromatic carbocycles. The Hall–Kier alpha value is -2.89. The van der Waals surface area contributed by atoms with E-state index in [1.165, 1.54) is 31.6 Å². The van der Waals surface area contributed by atoms with Crippen LogP contribution in [0.3, 0.4) is 0 Å². The number of nitrogens with zero attached hydrogens (tertiary/aromatic N) is 5. The number of rotatable bonds is 8. The fraction of sp³-hybridized carbons (Fsp3) is 0.609. The third-order valence-electron chi connectivity index (χ3n) is 6.59. The van der Waals surface area contributed by atoms with Crippen LogP contribution in [0.5, 0.6) is 5.88 Å². The van der Waals surface area contributed by atoms with Gasteiger partial charge in [-0.25, -0.2) is 28.7 Å². The van der Waals surface area contributed by atoms with E-state index in [1.807, 2.05) is 0 Å². The molecule has 2 aromatic heterocycles. The van der Waals surface area contributed by atoms with Crippen molar-refractivity contribution in [2.24, 2.45) is 17.3 Å². The van der Waals surface area contributed by atoms with Gasteiger partial charge in [0.2, 0.25) is 11.8 Å². The zero-order chi connectivity index (χ0) is 23.4. The molecule has 7 nitrogen and oxygen atoms in total. The van der Waals surface area contributed by atoms with Crippen LogP contribution in [-0.4, -0.2) is 32.5 Å². The first-order valence-electron chi connectivity index (χ1n) is 10.9. The second-order valence-electron chi connectivity index (χ2n) is 9.29. The summed E-state index contributed by atoms with van der Waals surface area (Å²) in [4.78, 5) is 16.7. The summed E-state index contributed by atoms with van der Waals surface area (Å²) in [7, 11) is 0. The van der Waals surface area contributed by atoms with Gasteiger partial charge in [-0.15, -0.1) is 0 Å². The molecular weight excluding hydrogens is 414 g/mol. The van der Waals surface area contributed by atoms with Crippen molar-refractivity contribution < 1.29 is 13.5 Å². The minimum Gasteiger partial charge on any atom is -0.471 e. The smallest absolute Gasteiger partial charge is 0.278 e. The van der Waals surface area contributed by atoms with Crippen LogP contribution in [-0.2, 0) is 13.0 Å². The molecule has 1 N–H and O–H groups in total. The minimum atomic E-state index is -2.97. The maximum Gasteiger partial charge on any atom is 0.278 e. The molecule has 0 amide bonds. The Balaban J connectivity index is 1.74. The first-order valence-corrected chi connectivity index (χ1v) is 10.9. The van der Waals surface area contributed by atoms with Gasteiger partial charge in [-0.05, 0) is 30.1 Å². The molecule has 172 valence electrons. The van der Waals surface area contributed by atoms with Gasteiger partial charge in [-0.2, -0.15) is 5.26 Å². The molecular formula is C23H30F2N6O. The molecule has 1 aliphatic rings. The van der Waals surface area contributed by atoms with Crippen molar-refractivity contribution in [1.29, 1.82) is 5.26 Å². The van der Waals surface area contributed by atoms with Crippen LogP contribution in [0.25, 0.3) is 0 Å². The summed E-state index contributed by atoms with van der Waals surface area (Å²) in [6.07, 6.45) is 8.50. The molecule has 2 aromatic rings. The Bertz CT molecular complexity index is 970. The van der Waals surface area contributed by atoms with E-state index in [1.54, 1.807) is 0 Å². The van der Waals surface area contributed by atoms with E-state index in [2.05, 4.69) is 52.1 Å². The molecule has 1 aliphatic carbocycles. The van der Waals surface area contributed by atoms with Gasteiger partial charge in [0.05, 0.1) is 23.0 Å². The molecule has 9 heteroatoms. The zero-order valence-corrected chi connectivity index (χ0v) is 19.0. The SMILES string of the molecule is C[C@H]1CCC[C@@H](Cc2nc(NCc3cncnc3OCC(C)(F)F)ncc2C#N)C1(C)C. The molecule has 0 saturated heterocycles. The number of hydrogen-bond donors (Lipinski definition) is 1. The Morgan fingerprint density at radius 1 is 1.28 bits per heavy atom. The van der Waals surface area contributed by atoms with Gasteiger partial charge in [0.1, 0.15) is 12.4 Å². The second kappa shape index (κ2) is 9.72. The molecule has 2 atom stereocenters. The Kier molecular flexibility index (Phi) is 7.22. The average molecular weight is 445 g/mol. The van der Waals surface area contributed by atoms with Gasteiger partial charge >= 0.3 is 0 Å². The van der Waals surface area contributed by atoms with E-state index >= 15 is 0 Å². The topological polar surface area (TPSA) is 96.6 Å². The molecule has 3 rings (SSSR count). The monoisotopic (exact) mass is 444 g/mol. The lowest BCUT2D eigenvalue weighted by Gasteiger charge is -2.44. The van der Waals surface area contributed by atoms with Crippen molar-refractivity contribution in [2.75, 3.05) is 11.9 Å². The van der Waals surface area contributed by atoms with Gasteiger partial charge in [0.25, 0.3) is 5.92 Å². The maximum atomic E-state index is 13.1. The highest BCUT2D eigenvalue weighted by atomic mass is 19.3. The van der Waals surface area contributed by atoms with Crippen molar-refractivity contribution in [1.82, 2.24) is 19.9 Å². The van der Waals surface area contributed by atoms with Crippen LogP contribution in [0.2, 0.25) is 0 Å². The highest BCUT2D eigenvalue weighted by Gasteiger charge is 2.38. The van der Waals surface area contributed by atoms with E-state index < -0.39 is 12.5 Å². The molecule has 2 heterocycles. The van der Waals surface area contributed by atoms with Gasteiger partial charge in [-0.3, -0.25) is 0 Å². The average Bonchev–Trinajstić information content (AvgIpc) is 2.74. The Morgan fingerprint density at radius 3 is 2.78 bits per heavy atom. The molecule has 0 unspecified atom stereocenters. The standard InChI is InChI=1S/C23H30F2N6O/c1-15-6-5-7-18(22(15,2)3)8-19-16(9-26)11-28-21(31-19)29-12-17-10-27-14-30-20(17)32-13-23(4,24)25/h10-11,14-15,18H,5-8,12-13H2,1-4H3,(H,28,29,31)/t15-,18-/m0/s1. The van der Waals surface area contributed by atoms with Crippen molar-refractivity contribution in [3.8, 4) is 11.9 Å². The summed E-state index contributed by atoms with van der Waals surface area (Å²) >= 11 is 0. The zero-order valence-electron chi connectivity index (χ0n) is 19.0. The summed E-state index contributed by atoms with van der Waals surface area (Å²) in [6.45, 7) is 7.09. The third-order valence-corrected chi connectivity index (χ3v) is 6.59. The van der Waals surface area contributed by atoms with E-state index in [-0.39, 0.29) is 17.8 Å². The molecule has 1 saturated carbocycles. The summed E-state index contributed by atoms with van der Waals surface area (Å²) in [6, 6.07) is 2.20. The maximum absolute atomic E-state index is 13.1. The van der Waals surface area contributed by atoms with Crippen molar-refractivity contribution >= 4 is 5.95 Å². The highest BCUT2D eigenvalue weighted by molar-refractivity contribution is 5.38. The van der Waals surface area contributed by atoms with E-state index in [9.17, 15) is 14.0 Å². The number of halogens is 2. The van der Waals surface area contributed by atoms with Crippen molar-refractivity contribution in [3.05, 3.63) is 35.5 Å². The van der Waals surface area contributed by atoms with Gasteiger partial charge in [0, 0.05) is 19.7 Å². The van der Waals surface area contributed by atoms with Crippen molar-refractivity contribution in [2.45, 2.75) is 65.8 Å². The number of nitrogens with one attached hydrogen (secondary N) is 1. The molecule has 0 spiro atoms. The van der Waals surface area contributed by atoms with Crippen LogP contribution >= 0.6 is 0 Å². The molecule has 0 radical (unpaired) electrons. The molecule has 32 heavy (non-hydrogen) atoms. The number of aromatic nitrogens is 4. The summed E-state index contributed by atoms with van der Waals surface area (Å²) in [5.41, 5.74) is 1.87. The van der Waals surface area contributed by atoms with Gasteiger partial charge in [0.15, 0.2) is 6.61 Å². The molecule has 0 bridgehead atoms. The lowest BCUT2D eigenvalue weighted by molar-refractivity contribution is -0.0245. The lowest BCUT2D eigenvalue weighted by Crippen LogP contribution is -2.36. The quantitative estimate of drug-likeness (QED) is 0.625. The fourth-order valence-electron chi connectivity index (χ4n) is 4.13. The van der Waals surface area contributed by atoms with Crippen LogP contribution in [0.15, 0.2) is 18.7 Å². The first kappa shape index (κ1) is 23.8. The van der Waals surface area contributed by atoms with Crippen LogP contribution in [0, 0.1) is 28.6 Å². The van der Waals surface area contributed by atoms with Gasteiger partial charge < -0.3 is 10.1 Å². The number of nitriles is 1. The van der Waals surface area contributed by atoms with E-state index in [0.29, 0.717) is 35.3 Å². The third kappa shape index (κ3) is 5.87. The molecule has 0 aliphatic heterocycles. The van der Waals surface area contributed by atoms with E-state index in [4.69, 9.17) is 4.74 Å². The minimum absolute atomic E-state index is 0.0841. The molecule has 1 fully saturated rings. The summed E-state index contributed by atoms with van der Waals surface area (Å²) < 4.78 is 31.5. The Labute approximate surface area is 187 Å². The summed E-state index contributed by atoms with van der Waals surface area (Å²) in [5, 5.41) is 12.6. The predicted octanol–water partition coefficient (Wildman–Crippen LogP) is 4.79. The largest absolute Gasteiger partial charge is 0.471 e. The number of alkyl halides is 2. The van der Waals surface area contributed by atoms with Crippen molar-refractivity contribution in [3.63, 3.8) is 0 Å². The van der Waals surface area contributed by atoms with Crippen LogP contribution in [0.1, 0.15) is 63.8 Å². The van der Waals surface area contributed by atoms with Crippen LogP contribution < -0.4 is 10.1 Å². The fourth-order valence-corrected chi connectivity index (χ4v) is 4.13. The normalized spacial score (nSPS) is 20.4. The van der Waals surface area contributed by atoms with Gasteiger partial charge in [-0.1, -0.05) is 33.6 Å². The second-order valence-corrected chi connectivity index (χ2v) is 9.29. The number of ether oxygens (including phenoxy) is 1. The lowest BCUT2D eigenvalue weighted by atomic mass is 9.61. The Morgan fingerprint density at radius 2 is 2.06 bits per heavy atom. The summed E-state index contributed by atoms with van der Waals surface area (Å²) in [5.74, 6) is -1.49. The van der Waals surface area contributed by atoms with E-state index in [0.717, 1.165) is 19.0 Å². The number of anilines is 1. The van der Waals surface area contributed by atoms with Crippen LogP contribution in [0.4, 0.5) is 14.7 Å². The first-order chi connectivity index (χ1) is 15.1. The number of hydrogen-bond acceptors (Lipinski definition) is 7.